The first-order chi connectivity index (χ1) is 9.56. The van der Waals surface area contributed by atoms with E-state index in [4.69, 9.17) is 21.9 Å². The van der Waals surface area contributed by atoms with Crippen LogP contribution in [0, 0.1) is 13.8 Å². The predicted octanol–water partition coefficient (Wildman–Crippen LogP) is 2.35. The third-order valence-electron chi connectivity index (χ3n) is 3.63. The smallest absolute Gasteiger partial charge is 0.145 e. The second-order valence-corrected chi connectivity index (χ2v) is 5.02. The Hall–Kier alpha value is -1.92. The molecule has 2 N–H and O–H groups in total. The highest BCUT2D eigenvalue weighted by Gasteiger charge is 2.24. The van der Waals surface area contributed by atoms with Gasteiger partial charge >= 0.3 is 0 Å². The Labute approximate surface area is 120 Å². The topological polar surface area (TPSA) is 82.8 Å². The van der Waals surface area contributed by atoms with Crippen LogP contribution >= 0.6 is 11.6 Å². The van der Waals surface area contributed by atoms with E-state index < -0.39 is 0 Å². The van der Waals surface area contributed by atoms with Crippen LogP contribution in [0.15, 0.2) is 10.9 Å². The number of rotatable bonds is 2. The molecule has 0 aliphatic carbocycles. The fraction of sp³-hybridized carbons (Fsp3) is 0.308. The minimum absolute atomic E-state index is 0.351. The molecule has 0 spiro atoms. The van der Waals surface area contributed by atoms with Gasteiger partial charge in [0.1, 0.15) is 28.6 Å². The SMILES string of the molecule is Cc1onc(-c2c(CN)n(C)c3ncnc(Cl)c23)c1C. The molecule has 0 radical (unpaired) electrons. The average Bonchev–Trinajstić information content (AvgIpc) is 2.90. The van der Waals surface area contributed by atoms with Crippen LogP contribution in [0.2, 0.25) is 5.15 Å². The van der Waals surface area contributed by atoms with Crippen molar-refractivity contribution in [1.82, 2.24) is 19.7 Å². The van der Waals surface area contributed by atoms with Gasteiger partial charge in [-0.3, -0.25) is 0 Å². The predicted molar refractivity (Wildman–Crippen MR) is 76.4 cm³/mol. The van der Waals surface area contributed by atoms with E-state index in [9.17, 15) is 0 Å². The van der Waals surface area contributed by atoms with Crippen LogP contribution < -0.4 is 5.73 Å². The zero-order valence-corrected chi connectivity index (χ0v) is 12.2. The summed E-state index contributed by atoms with van der Waals surface area (Å²) in [6, 6.07) is 0. The van der Waals surface area contributed by atoms with Crippen LogP contribution in [-0.4, -0.2) is 19.7 Å². The van der Waals surface area contributed by atoms with Gasteiger partial charge in [-0.15, -0.1) is 0 Å². The molecule has 0 saturated heterocycles. The van der Waals surface area contributed by atoms with E-state index in [0.29, 0.717) is 11.7 Å². The van der Waals surface area contributed by atoms with Crippen molar-refractivity contribution < 1.29 is 4.52 Å². The van der Waals surface area contributed by atoms with Crippen molar-refractivity contribution in [2.45, 2.75) is 20.4 Å². The normalized spacial score (nSPS) is 11.4. The Balaban J connectivity index is 2.48. The van der Waals surface area contributed by atoms with Gasteiger partial charge in [0.05, 0.1) is 5.39 Å². The van der Waals surface area contributed by atoms with Gasteiger partial charge in [0, 0.05) is 30.4 Å². The van der Waals surface area contributed by atoms with E-state index in [1.54, 1.807) is 0 Å². The summed E-state index contributed by atoms with van der Waals surface area (Å²) in [5, 5.41) is 5.29. The molecule has 0 aliphatic heterocycles. The number of nitrogens with zero attached hydrogens (tertiary/aromatic N) is 4. The van der Waals surface area contributed by atoms with Gasteiger partial charge < -0.3 is 14.8 Å². The molecule has 20 heavy (non-hydrogen) atoms. The molecule has 0 aliphatic rings. The maximum absolute atomic E-state index is 6.25. The lowest BCUT2D eigenvalue weighted by Gasteiger charge is -2.03. The highest BCUT2D eigenvalue weighted by molar-refractivity contribution is 6.35. The minimum atomic E-state index is 0.351. The molecule has 0 saturated carbocycles. The molecular formula is C13H14ClN5O. The second kappa shape index (κ2) is 4.57. The molecule has 3 aromatic rings. The molecule has 0 bridgehead atoms. The highest BCUT2D eigenvalue weighted by atomic mass is 35.5. The van der Waals surface area contributed by atoms with E-state index in [-0.39, 0.29) is 0 Å². The monoisotopic (exact) mass is 291 g/mol. The molecule has 0 atom stereocenters. The lowest BCUT2D eigenvalue weighted by molar-refractivity contribution is 0.398. The molecule has 7 heteroatoms. The summed E-state index contributed by atoms with van der Waals surface area (Å²) in [6.45, 7) is 4.18. The molecule has 6 nitrogen and oxygen atoms in total. The summed E-state index contributed by atoms with van der Waals surface area (Å²) in [5.41, 5.74) is 10.1. The first kappa shape index (κ1) is 13.1. The third kappa shape index (κ3) is 1.65. The van der Waals surface area contributed by atoms with Crippen molar-refractivity contribution in [2.75, 3.05) is 0 Å². The van der Waals surface area contributed by atoms with Gasteiger partial charge in [0.25, 0.3) is 0 Å². The zero-order valence-electron chi connectivity index (χ0n) is 11.4. The van der Waals surface area contributed by atoms with Crippen LogP contribution in [0.5, 0.6) is 0 Å². The van der Waals surface area contributed by atoms with Crippen molar-refractivity contribution >= 4 is 22.6 Å². The number of hydrogen-bond donors (Lipinski definition) is 1. The van der Waals surface area contributed by atoms with E-state index in [2.05, 4.69) is 15.1 Å². The number of aromatic nitrogens is 4. The molecule has 3 heterocycles. The molecule has 0 amide bonds. The Bertz CT molecular complexity index is 805. The van der Waals surface area contributed by atoms with E-state index >= 15 is 0 Å². The van der Waals surface area contributed by atoms with Gasteiger partial charge in [-0.2, -0.15) is 0 Å². The Morgan fingerprint density at radius 2 is 2.10 bits per heavy atom. The summed E-state index contributed by atoms with van der Waals surface area (Å²) in [7, 11) is 1.90. The maximum atomic E-state index is 6.25. The molecular weight excluding hydrogens is 278 g/mol. The van der Waals surface area contributed by atoms with Gasteiger partial charge in [0.2, 0.25) is 0 Å². The first-order valence-electron chi connectivity index (χ1n) is 6.17. The number of nitrogens with two attached hydrogens (primary N) is 1. The lowest BCUT2D eigenvalue weighted by atomic mass is 10.1. The number of halogens is 1. The van der Waals surface area contributed by atoms with Gasteiger partial charge in [-0.25, -0.2) is 9.97 Å². The lowest BCUT2D eigenvalue weighted by Crippen LogP contribution is -2.05. The summed E-state index contributed by atoms with van der Waals surface area (Å²) in [4.78, 5) is 8.35. The first-order valence-corrected chi connectivity index (χ1v) is 6.55. The average molecular weight is 292 g/mol. The second-order valence-electron chi connectivity index (χ2n) is 4.66. The zero-order chi connectivity index (χ0) is 14.4. The van der Waals surface area contributed by atoms with Crippen LogP contribution in [0.25, 0.3) is 22.3 Å². The molecule has 3 rings (SSSR count). The van der Waals surface area contributed by atoms with E-state index in [1.165, 1.54) is 6.33 Å². The van der Waals surface area contributed by atoms with Gasteiger partial charge in [0.15, 0.2) is 0 Å². The standard InChI is InChI=1S/C13H14ClN5O/c1-6-7(2)20-18-11(6)9-8(4-15)19(3)13-10(9)12(14)16-5-17-13/h5H,4,15H2,1-3H3. The largest absolute Gasteiger partial charge is 0.361 e. The van der Waals surface area contributed by atoms with Crippen LogP contribution in [0.4, 0.5) is 0 Å². The van der Waals surface area contributed by atoms with Crippen molar-refractivity contribution in [3.63, 3.8) is 0 Å². The Kier molecular flexibility index (Phi) is 2.99. The van der Waals surface area contributed by atoms with Crippen LogP contribution in [-0.2, 0) is 13.6 Å². The summed E-state index contributed by atoms with van der Waals surface area (Å²) >= 11 is 6.25. The van der Waals surface area contributed by atoms with Crippen molar-refractivity contribution in [2.24, 2.45) is 12.8 Å². The fourth-order valence-electron chi connectivity index (χ4n) is 2.41. The quantitative estimate of drug-likeness (QED) is 0.733. The van der Waals surface area contributed by atoms with Crippen molar-refractivity contribution in [1.29, 1.82) is 0 Å². The van der Waals surface area contributed by atoms with Gasteiger partial charge in [-0.05, 0) is 13.8 Å². The van der Waals surface area contributed by atoms with Crippen molar-refractivity contribution in [3.05, 3.63) is 28.5 Å². The van der Waals surface area contributed by atoms with Gasteiger partial charge in [-0.1, -0.05) is 16.8 Å². The Morgan fingerprint density at radius 3 is 2.70 bits per heavy atom. The molecule has 3 aromatic heterocycles. The van der Waals surface area contributed by atoms with Crippen LogP contribution in [0.1, 0.15) is 17.0 Å². The van der Waals surface area contributed by atoms with E-state index in [0.717, 1.165) is 39.3 Å². The number of fused-ring (bicyclic) bond motifs is 1. The minimum Gasteiger partial charge on any atom is -0.361 e. The molecule has 104 valence electrons. The fourth-order valence-corrected chi connectivity index (χ4v) is 2.63. The number of aryl methyl sites for hydroxylation is 2. The molecule has 0 unspecified atom stereocenters. The molecule has 0 fully saturated rings. The molecule has 0 aromatic carbocycles. The summed E-state index contributed by atoms with van der Waals surface area (Å²) < 4.78 is 7.18. The Morgan fingerprint density at radius 1 is 1.35 bits per heavy atom. The number of hydrogen-bond acceptors (Lipinski definition) is 5. The third-order valence-corrected chi connectivity index (χ3v) is 3.92. The maximum Gasteiger partial charge on any atom is 0.145 e. The highest BCUT2D eigenvalue weighted by Crippen LogP contribution is 2.37. The van der Waals surface area contributed by atoms with Crippen LogP contribution in [0.3, 0.4) is 0 Å². The summed E-state index contributed by atoms with van der Waals surface area (Å²) in [5.74, 6) is 0.771. The summed E-state index contributed by atoms with van der Waals surface area (Å²) in [6.07, 6.45) is 1.44. The van der Waals surface area contributed by atoms with E-state index in [1.807, 2.05) is 25.5 Å². The van der Waals surface area contributed by atoms with Crippen molar-refractivity contribution in [3.8, 4) is 11.3 Å².